The predicted octanol–water partition coefficient (Wildman–Crippen LogP) is 1.03. The van der Waals surface area contributed by atoms with Gasteiger partial charge in [-0.15, -0.1) is 0 Å². The minimum atomic E-state index is -0.801. The molecule has 2 fully saturated rings. The molecule has 2 aliphatic heterocycles. The van der Waals surface area contributed by atoms with Crippen LogP contribution in [0.25, 0.3) is 0 Å². The maximum Gasteiger partial charge on any atom is 0.320 e. The molecule has 2 heterocycles. The van der Waals surface area contributed by atoms with Gasteiger partial charge >= 0.3 is 12.0 Å². The molecule has 120 valence electrons. The summed E-state index contributed by atoms with van der Waals surface area (Å²) in [7, 11) is 0. The average molecular weight is 315 g/mol. The molecule has 0 unspecified atom stereocenters. The Balaban J connectivity index is 1.89. The quantitative estimate of drug-likeness (QED) is 0.824. The zero-order chi connectivity index (χ0) is 15.5. The van der Waals surface area contributed by atoms with E-state index in [9.17, 15) is 9.59 Å². The lowest BCUT2D eigenvalue weighted by Gasteiger charge is -2.39. The first-order valence-electron chi connectivity index (χ1n) is 7.49. The van der Waals surface area contributed by atoms with Crippen LogP contribution < -0.4 is 0 Å². The molecule has 0 spiro atoms. The van der Waals surface area contributed by atoms with Gasteiger partial charge in [0.25, 0.3) is 0 Å². The third kappa shape index (κ3) is 4.78. The Morgan fingerprint density at radius 1 is 1.10 bits per heavy atom. The van der Waals surface area contributed by atoms with E-state index in [1.54, 1.807) is 0 Å². The number of carbonyl (C=O) groups excluding carboxylic acids is 1. The molecule has 1 N–H and O–H groups in total. The van der Waals surface area contributed by atoms with Gasteiger partial charge in [-0.25, -0.2) is 4.79 Å². The van der Waals surface area contributed by atoms with Gasteiger partial charge in [-0.3, -0.25) is 9.69 Å². The second-order valence-electron chi connectivity index (χ2n) is 6.32. The van der Waals surface area contributed by atoms with Crippen molar-refractivity contribution in [3.63, 3.8) is 0 Å². The highest BCUT2D eigenvalue weighted by Gasteiger charge is 2.32. The smallest absolute Gasteiger partial charge is 0.320 e. The van der Waals surface area contributed by atoms with Crippen LogP contribution in [0, 0.1) is 0 Å². The topological polar surface area (TPSA) is 64.1 Å². The number of nitrogens with zero attached hydrogens (tertiary/aromatic N) is 3. The SMILES string of the molecule is CC1(C)CN(C(=O)N2CCCN(CC(=O)O)CC2)CCS1. The fourth-order valence-corrected chi connectivity index (χ4v) is 4.00. The largest absolute Gasteiger partial charge is 0.480 e. The van der Waals surface area contributed by atoms with Crippen LogP contribution in [-0.4, -0.2) is 88.1 Å². The number of aliphatic carboxylic acids is 1. The van der Waals surface area contributed by atoms with E-state index in [0.29, 0.717) is 13.1 Å². The molecule has 2 amide bonds. The summed E-state index contributed by atoms with van der Waals surface area (Å²) >= 11 is 1.91. The number of hydrogen-bond donors (Lipinski definition) is 1. The molecule has 7 heteroatoms. The highest BCUT2D eigenvalue weighted by Crippen LogP contribution is 2.30. The van der Waals surface area contributed by atoms with Crippen molar-refractivity contribution in [2.45, 2.75) is 25.0 Å². The fourth-order valence-electron chi connectivity index (χ4n) is 2.89. The van der Waals surface area contributed by atoms with Crippen molar-refractivity contribution in [1.82, 2.24) is 14.7 Å². The highest BCUT2D eigenvalue weighted by atomic mass is 32.2. The van der Waals surface area contributed by atoms with Gasteiger partial charge in [0, 0.05) is 49.8 Å². The third-order valence-corrected chi connectivity index (χ3v) is 5.21. The Morgan fingerprint density at radius 3 is 2.52 bits per heavy atom. The van der Waals surface area contributed by atoms with Crippen molar-refractivity contribution in [2.24, 2.45) is 0 Å². The lowest BCUT2D eigenvalue weighted by Crippen LogP contribution is -2.52. The number of thioether (sulfide) groups is 1. The van der Waals surface area contributed by atoms with E-state index in [1.165, 1.54) is 0 Å². The molecule has 0 radical (unpaired) electrons. The molecule has 0 atom stereocenters. The van der Waals surface area contributed by atoms with Crippen molar-refractivity contribution < 1.29 is 14.7 Å². The summed E-state index contributed by atoms with van der Waals surface area (Å²) in [6.07, 6.45) is 0.838. The average Bonchev–Trinajstić information content (AvgIpc) is 2.61. The maximum absolute atomic E-state index is 12.6. The van der Waals surface area contributed by atoms with Gasteiger partial charge < -0.3 is 14.9 Å². The summed E-state index contributed by atoms with van der Waals surface area (Å²) in [5.41, 5.74) is 0. The zero-order valence-corrected chi connectivity index (χ0v) is 13.7. The molecule has 2 saturated heterocycles. The Labute approximate surface area is 130 Å². The van der Waals surface area contributed by atoms with Gasteiger partial charge in [-0.05, 0) is 20.3 Å². The molecular weight excluding hydrogens is 290 g/mol. The van der Waals surface area contributed by atoms with E-state index in [4.69, 9.17) is 5.11 Å². The number of urea groups is 1. The lowest BCUT2D eigenvalue weighted by atomic mass is 10.2. The van der Waals surface area contributed by atoms with E-state index in [2.05, 4.69) is 13.8 Å². The summed E-state index contributed by atoms with van der Waals surface area (Å²) in [6.45, 7) is 8.74. The Kier molecular flexibility index (Phi) is 5.37. The number of carboxylic acids is 1. The zero-order valence-electron chi connectivity index (χ0n) is 12.9. The second-order valence-corrected chi connectivity index (χ2v) is 8.12. The van der Waals surface area contributed by atoms with Crippen molar-refractivity contribution in [3.05, 3.63) is 0 Å². The first-order chi connectivity index (χ1) is 9.87. The van der Waals surface area contributed by atoms with Crippen LogP contribution in [-0.2, 0) is 4.79 Å². The molecule has 0 aromatic rings. The van der Waals surface area contributed by atoms with Gasteiger partial charge in [-0.2, -0.15) is 11.8 Å². The number of rotatable bonds is 2. The number of carboxylic acid groups (broad SMARTS) is 1. The lowest BCUT2D eigenvalue weighted by molar-refractivity contribution is -0.138. The van der Waals surface area contributed by atoms with Gasteiger partial charge in [0.1, 0.15) is 0 Å². The molecule has 0 saturated carbocycles. The molecule has 0 aliphatic carbocycles. The summed E-state index contributed by atoms with van der Waals surface area (Å²) in [5, 5.41) is 8.86. The highest BCUT2D eigenvalue weighted by molar-refractivity contribution is 8.00. The van der Waals surface area contributed by atoms with Crippen LogP contribution in [0.15, 0.2) is 0 Å². The summed E-state index contributed by atoms with van der Waals surface area (Å²) in [4.78, 5) is 29.2. The third-order valence-electron chi connectivity index (χ3n) is 3.91. The summed E-state index contributed by atoms with van der Waals surface area (Å²) < 4.78 is 0.120. The Morgan fingerprint density at radius 2 is 1.86 bits per heavy atom. The molecule has 21 heavy (non-hydrogen) atoms. The predicted molar refractivity (Wildman–Crippen MR) is 83.8 cm³/mol. The molecule has 2 aliphatic rings. The van der Waals surface area contributed by atoms with Crippen LogP contribution in [0.5, 0.6) is 0 Å². The van der Waals surface area contributed by atoms with E-state index < -0.39 is 5.97 Å². The molecular formula is C14H25N3O3S. The minimum absolute atomic E-state index is 0.0649. The van der Waals surface area contributed by atoms with Crippen LogP contribution in [0.2, 0.25) is 0 Å². The van der Waals surface area contributed by atoms with Crippen LogP contribution in [0.1, 0.15) is 20.3 Å². The van der Waals surface area contributed by atoms with Gasteiger partial charge in [0.2, 0.25) is 0 Å². The summed E-state index contributed by atoms with van der Waals surface area (Å²) in [5.74, 6) is 0.183. The van der Waals surface area contributed by atoms with E-state index >= 15 is 0 Å². The van der Waals surface area contributed by atoms with Crippen LogP contribution >= 0.6 is 11.8 Å². The number of hydrogen-bond acceptors (Lipinski definition) is 4. The fraction of sp³-hybridized carbons (Fsp3) is 0.857. The van der Waals surface area contributed by atoms with Crippen molar-refractivity contribution in [2.75, 3.05) is 51.6 Å². The number of amides is 2. The van der Waals surface area contributed by atoms with Crippen molar-refractivity contribution in [1.29, 1.82) is 0 Å². The van der Waals surface area contributed by atoms with Gasteiger partial charge in [0.15, 0.2) is 0 Å². The molecule has 2 rings (SSSR count). The standard InChI is InChI=1S/C14H25N3O3S/c1-14(2)11-17(8-9-21-14)13(20)16-5-3-4-15(6-7-16)10-12(18)19/h3-11H2,1-2H3,(H,18,19). The minimum Gasteiger partial charge on any atom is -0.480 e. The van der Waals surface area contributed by atoms with Crippen molar-refractivity contribution >= 4 is 23.8 Å². The summed E-state index contributed by atoms with van der Waals surface area (Å²) in [6, 6.07) is 0.112. The Hall–Kier alpha value is -0.950. The Bertz CT molecular complexity index is 403. The second kappa shape index (κ2) is 6.87. The van der Waals surface area contributed by atoms with Crippen molar-refractivity contribution in [3.8, 4) is 0 Å². The monoisotopic (exact) mass is 315 g/mol. The van der Waals surface area contributed by atoms with E-state index in [1.807, 2.05) is 26.5 Å². The number of carbonyl (C=O) groups is 2. The normalized spacial score (nSPS) is 23.7. The molecule has 0 bridgehead atoms. The first kappa shape index (κ1) is 16.4. The first-order valence-corrected chi connectivity index (χ1v) is 8.48. The van der Waals surface area contributed by atoms with Gasteiger partial charge in [0.05, 0.1) is 6.54 Å². The molecule has 0 aromatic heterocycles. The van der Waals surface area contributed by atoms with Crippen LogP contribution in [0.4, 0.5) is 4.79 Å². The van der Waals surface area contributed by atoms with E-state index in [0.717, 1.165) is 38.4 Å². The molecule has 0 aromatic carbocycles. The van der Waals surface area contributed by atoms with Crippen LogP contribution in [0.3, 0.4) is 0 Å². The molecule has 6 nitrogen and oxygen atoms in total. The van der Waals surface area contributed by atoms with E-state index in [-0.39, 0.29) is 17.3 Å². The maximum atomic E-state index is 12.6. The van der Waals surface area contributed by atoms with Gasteiger partial charge in [-0.1, -0.05) is 0 Å².